The van der Waals surface area contributed by atoms with Crippen molar-refractivity contribution in [2.45, 2.75) is 32.2 Å². The molecule has 0 aromatic heterocycles. The largest absolute Gasteiger partial charge is 0.479 e. The van der Waals surface area contributed by atoms with Gasteiger partial charge in [-0.05, 0) is 60.6 Å². The highest BCUT2D eigenvalue weighted by Crippen LogP contribution is 2.53. The number of fused-ring (bicyclic) bond motifs is 3. The van der Waals surface area contributed by atoms with Gasteiger partial charge in [0.15, 0.2) is 6.61 Å². The normalized spacial score (nSPS) is 22.0. The Labute approximate surface area is 163 Å². The smallest absolute Gasteiger partial charge is 0.292 e. The highest BCUT2D eigenvalue weighted by molar-refractivity contribution is 5.74. The average Bonchev–Trinajstić information content (AvgIpc) is 3.18. The molecule has 1 N–H and O–H groups in total. The van der Waals surface area contributed by atoms with Gasteiger partial charge in [-0.15, -0.1) is 0 Å². The Morgan fingerprint density at radius 3 is 2.75 bits per heavy atom. The first-order valence-electron chi connectivity index (χ1n) is 9.32. The van der Waals surface area contributed by atoms with Gasteiger partial charge in [-0.2, -0.15) is 5.26 Å². The Bertz CT molecular complexity index is 1010. The van der Waals surface area contributed by atoms with Crippen LogP contribution in [0, 0.1) is 41.2 Å². The molecular formula is C22H21N3O3. The maximum absolute atomic E-state index is 11.7. The summed E-state index contributed by atoms with van der Waals surface area (Å²) >= 11 is 0. The van der Waals surface area contributed by atoms with E-state index in [-0.39, 0.29) is 29.2 Å². The zero-order chi connectivity index (χ0) is 19.8. The molecule has 0 saturated carbocycles. The number of hydrogen-bond donors (Lipinski definition) is 1. The van der Waals surface area contributed by atoms with Gasteiger partial charge < -0.3 is 10.1 Å². The molecule has 142 valence electrons. The molecule has 3 atom stereocenters. The van der Waals surface area contributed by atoms with Crippen LogP contribution in [0.4, 0.5) is 11.4 Å². The third-order valence-electron chi connectivity index (χ3n) is 5.89. The van der Waals surface area contributed by atoms with Crippen LogP contribution >= 0.6 is 0 Å². The maximum atomic E-state index is 11.7. The molecule has 0 fully saturated rings. The van der Waals surface area contributed by atoms with E-state index in [1.807, 2.05) is 44.2 Å². The number of nitrogens with zero attached hydrogens (tertiary/aromatic N) is 2. The van der Waals surface area contributed by atoms with Crippen molar-refractivity contribution >= 4 is 11.4 Å². The van der Waals surface area contributed by atoms with Gasteiger partial charge in [-0.25, -0.2) is 0 Å². The number of nitro groups is 1. The Balaban J connectivity index is 1.77. The van der Waals surface area contributed by atoms with Crippen molar-refractivity contribution in [3.8, 4) is 11.8 Å². The molecule has 2 aliphatic rings. The maximum Gasteiger partial charge on any atom is 0.292 e. The van der Waals surface area contributed by atoms with E-state index in [0.717, 1.165) is 28.7 Å². The predicted octanol–water partition coefficient (Wildman–Crippen LogP) is 4.94. The van der Waals surface area contributed by atoms with E-state index in [4.69, 9.17) is 10.00 Å². The van der Waals surface area contributed by atoms with Gasteiger partial charge in [0.2, 0.25) is 0 Å². The second-order valence-corrected chi connectivity index (χ2v) is 7.37. The number of anilines is 1. The molecular weight excluding hydrogens is 354 g/mol. The molecule has 2 aromatic carbocycles. The average molecular weight is 375 g/mol. The monoisotopic (exact) mass is 375 g/mol. The third kappa shape index (κ3) is 2.89. The minimum absolute atomic E-state index is 0.00778. The lowest BCUT2D eigenvalue weighted by atomic mass is 9.74. The fraction of sp³-hybridized carbons (Fsp3) is 0.318. The molecule has 0 bridgehead atoms. The Morgan fingerprint density at radius 2 is 2.07 bits per heavy atom. The summed E-state index contributed by atoms with van der Waals surface area (Å²) in [5.41, 5.74) is 4.94. The lowest BCUT2D eigenvalue weighted by molar-refractivity contribution is -0.384. The van der Waals surface area contributed by atoms with Gasteiger partial charge in [0, 0.05) is 12.0 Å². The molecule has 0 radical (unpaired) electrons. The van der Waals surface area contributed by atoms with Gasteiger partial charge in [-0.3, -0.25) is 10.1 Å². The van der Waals surface area contributed by atoms with Crippen LogP contribution in [-0.4, -0.2) is 11.5 Å². The Morgan fingerprint density at radius 1 is 1.32 bits per heavy atom. The van der Waals surface area contributed by atoms with Crippen molar-refractivity contribution in [3.05, 3.63) is 74.9 Å². The number of ether oxygens (including phenoxy) is 1. The van der Waals surface area contributed by atoms with Gasteiger partial charge in [-0.1, -0.05) is 24.3 Å². The molecule has 0 saturated heterocycles. The van der Waals surface area contributed by atoms with Crippen LogP contribution in [0.15, 0.2) is 42.5 Å². The van der Waals surface area contributed by atoms with Crippen LogP contribution in [0.3, 0.4) is 0 Å². The van der Waals surface area contributed by atoms with Crippen molar-refractivity contribution in [1.29, 1.82) is 5.26 Å². The van der Waals surface area contributed by atoms with E-state index in [9.17, 15) is 10.1 Å². The van der Waals surface area contributed by atoms with E-state index in [1.54, 1.807) is 6.07 Å². The highest BCUT2D eigenvalue weighted by atomic mass is 16.6. The number of nitro benzene ring substituents is 1. The minimum atomic E-state index is -0.298. The molecule has 6 heteroatoms. The molecule has 1 heterocycles. The molecule has 0 amide bonds. The molecule has 28 heavy (non-hydrogen) atoms. The number of allylic oxidation sites excluding steroid dienone is 2. The standard InChI is InChI=1S/C22H21N3O3/c1-13-12-19(25(26)27)22-20(14(13)2)17-4-3-5-18(17)21(24-22)15-6-8-16(9-7-15)28-11-10-23/h3-4,6-9,12,17-18,21,24H,5,11H2,1-2H3/t17-,18+,21-/m0/s1. The number of benzene rings is 2. The summed E-state index contributed by atoms with van der Waals surface area (Å²) in [5, 5.41) is 23.9. The van der Waals surface area contributed by atoms with E-state index in [1.165, 1.54) is 0 Å². The van der Waals surface area contributed by atoms with E-state index in [2.05, 4.69) is 17.5 Å². The van der Waals surface area contributed by atoms with Crippen molar-refractivity contribution in [2.24, 2.45) is 5.92 Å². The van der Waals surface area contributed by atoms with Crippen molar-refractivity contribution in [1.82, 2.24) is 0 Å². The summed E-state index contributed by atoms with van der Waals surface area (Å²) in [6, 6.07) is 11.2. The summed E-state index contributed by atoms with van der Waals surface area (Å²) in [6.07, 6.45) is 5.30. The fourth-order valence-corrected chi connectivity index (χ4v) is 4.44. The van der Waals surface area contributed by atoms with Crippen molar-refractivity contribution in [2.75, 3.05) is 11.9 Å². The summed E-state index contributed by atoms with van der Waals surface area (Å²) < 4.78 is 5.34. The lowest BCUT2D eigenvalue weighted by Crippen LogP contribution is -2.30. The number of hydrogen-bond acceptors (Lipinski definition) is 5. The molecule has 0 unspecified atom stereocenters. The van der Waals surface area contributed by atoms with Crippen molar-refractivity contribution in [3.63, 3.8) is 0 Å². The van der Waals surface area contributed by atoms with E-state index in [0.29, 0.717) is 17.4 Å². The third-order valence-corrected chi connectivity index (χ3v) is 5.89. The zero-order valence-electron chi connectivity index (χ0n) is 15.8. The fourth-order valence-electron chi connectivity index (χ4n) is 4.44. The first-order valence-corrected chi connectivity index (χ1v) is 9.32. The summed E-state index contributed by atoms with van der Waals surface area (Å²) in [6.45, 7) is 3.99. The molecule has 2 aromatic rings. The number of rotatable bonds is 4. The summed E-state index contributed by atoms with van der Waals surface area (Å²) in [4.78, 5) is 11.4. The van der Waals surface area contributed by atoms with E-state index >= 15 is 0 Å². The number of nitrogens with one attached hydrogen (secondary N) is 1. The van der Waals surface area contributed by atoms with Crippen LogP contribution in [0.25, 0.3) is 0 Å². The topological polar surface area (TPSA) is 88.2 Å². The molecule has 4 rings (SSSR count). The zero-order valence-corrected chi connectivity index (χ0v) is 15.8. The number of nitriles is 1. The SMILES string of the molecule is Cc1cc([N+](=O)[O-])c2c(c1C)[C@H]1C=CC[C@H]1[C@H](c1ccc(OCC#N)cc1)N2. The molecule has 1 aliphatic heterocycles. The van der Waals surface area contributed by atoms with Gasteiger partial charge in [0.05, 0.1) is 11.0 Å². The van der Waals surface area contributed by atoms with Crippen LogP contribution in [0.5, 0.6) is 5.75 Å². The lowest BCUT2D eigenvalue weighted by Gasteiger charge is -2.38. The summed E-state index contributed by atoms with van der Waals surface area (Å²) in [5.74, 6) is 1.10. The van der Waals surface area contributed by atoms with Crippen LogP contribution in [0.1, 0.15) is 40.6 Å². The first kappa shape index (κ1) is 18.1. The van der Waals surface area contributed by atoms with Gasteiger partial charge >= 0.3 is 0 Å². The van der Waals surface area contributed by atoms with Crippen LogP contribution < -0.4 is 10.1 Å². The highest BCUT2D eigenvalue weighted by Gasteiger charge is 2.41. The molecule has 6 nitrogen and oxygen atoms in total. The second-order valence-electron chi connectivity index (χ2n) is 7.37. The first-order chi connectivity index (χ1) is 13.5. The quantitative estimate of drug-likeness (QED) is 0.464. The van der Waals surface area contributed by atoms with Gasteiger partial charge in [0.1, 0.15) is 17.5 Å². The Kier molecular flexibility index (Phi) is 4.52. The Hall–Kier alpha value is -3.33. The van der Waals surface area contributed by atoms with Gasteiger partial charge in [0.25, 0.3) is 5.69 Å². The molecule has 1 aliphatic carbocycles. The van der Waals surface area contributed by atoms with Crippen molar-refractivity contribution < 1.29 is 9.66 Å². The molecule has 0 spiro atoms. The minimum Gasteiger partial charge on any atom is -0.479 e. The second kappa shape index (κ2) is 7.01. The van der Waals surface area contributed by atoms with E-state index < -0.39 is 0 Å². The van der Waals surface area contributed by atoms with Crippen LogP contribution in [-0.2, 0) is 0 Å². The predicted molar refractivity (Wildman–Crippen MR) is 106 cm³/mol. The summed E-state index contributed by atoms with van der Waals surface area (Å²) in [7, 11) is 0. The number of aryl methyl sites for hydroxylation is 1. The van der Waals surface area contributed by atoms with Crippen LogP contribution in [0.2, 0.25) is 0 Å².